The Morgan fingerprint density at radius 3 is 2.38 bits per heavy atom. The summed E-state index contributed by atoms with van der Waals surface area (Å²) in [6, 6.07) is 1.53. The van der Waals surface area contributed by atoms with Crippen LogP contribution in [0.5, 0.6) is 0 Å². The number of aromatic nitrogens is 1. The van der Waals surface area contributed by atoms with Crippen LogP contribution in [0, 0.1) is 6.92 Å². The molecule has 5 nitrogen and oxygen atoms in total. The Bertz CT molecular complexity index is 387. The fourth-order valence-corrected chi connectivity index (χ4v) is 1.08. The van der Waals surface area contributed by atoms with Crippen LogP contribution in [0.2, 0.25) is 0 Å². The first-order chi connectivity index (χ1) is 6.18. The van der Waals surface area contributed by atoms with Crippen molar-refractivity contribution in [1.29, 1.82) is 0 Å². The molecular formula is C8H6N2O3. The zero-order valence-electron chi connectivity index (χ0n) is 6.85. The second-order valence-electron chi connectivity index (χ2n) is 2.64. The van der Waals surface area contributed by atoms with Crippen LogP contribution in [-0.2, 0) is 9.59 Å². The lowest BCUT2D eigenvalue weighted by Gasteiger charge is -2.07. The summed E-state index contributed by atoms with van der Waals surface area (Å²) in [6.45, 7) is 1.69. The molecule has 0 N–H and O–H groups in total. The van der Waals surface area contributed by atoms with Crippen LogP contribution in [-0.4, -0.2) is 17.0 Å². The minimum Gasteiger partial charge on any atom is -0.360 e. The van der Waals surface area contributed by atoms with Gasteiger partial charge in [0.2, 0.25) is 0 Å². The van der Waals surface area contributed by atoms with Gasteiger partial charge in [-0.25, -0.2) is 4.90 Å². The number of nitrogens with zero attached hydrogens (tertiary/aromatic N) is 2. The molecule has 0 radical (unpaired) electrons. The number of carbonyl (C=O) groups is 2. The Morgan fingerprint density at radius 1 is 1.31 bits per heavy atom. The number of anilines is 1. The predicted octanol–water partition coefficient (Wildman–Crippen LogP) is 0.412. The number of hydrogen-bond donors (Lipinski definition) is 0. The first-order valence-electron chi connectivity index (χ1n) is 3.68. The van der Waals surface area contributed by atoms with Crippen LogP contribution in [0.1, 0.15) is 5.76 Å². The van der Waals surface area contributed by atoms with Gasteiger partial charge in [-0.3, -0.25) is 9.59 Å². The highest BCUT2D eigenvalue weighted by Crippen LogP contribution is 2.17. The van der Waals surface area contributed by atoms with Crippen molar-refractivity contribution in [2.24, 2.45) is 0 Å². The van der Waals surface area contributed by atoms with E-state index in [0.29, 0.717) is 5.76 Å². The van der Waals surface area contributed by atoms with Crippen molar-refractivity contribution >= 4 is 17.6 Å². The molecular weight excluding hydrogens is 172 g/mol. The van der Waals surface area contributed by atoms with Crippen LogP contribution in [0.3, 0.4) is 0 Å². The maximum atomic E-state index is 11.1. The molecule has 0 atom stereocenters. The topological polar surface area (TPSA) is 63.4 Å². The van der Waals surface area contributed by atoms with E-state index < -0.39 is 11.8 Å². The molecule has 2 rings (SSSR count). The minimum absolute atomic E-state index is 0.234. The van der Waals surface area contributed by atoms with E-state index >= 15 is 0 Å². The summed E-state index contributed by atoms with van der Waals surface area (Å²) in [5, 5.41) is 3.57. The van der Waals surface area contributed by atoms with Crippen LogP contribution in [0.25, 0.3) is 0 Å². The fraction of sp³-hybridized carbons (Fsp3) is 0.125. The maximum absolute atomic E-state index is 11.1. The molecule has 0 fully saturated rings. The second kappa shape index (κ2) is 2.55. The van der Waals surface area contributed by atoms with Crippen molar-refractivity contribution < 1.29 is 14.1 Å². The average molecular weight is 178 g/mol. The SMILES string of the molecule is Cc1cc(N2C(=O)C=CC2=O)no1. The summed E-state index contributed by atoms with van der Waals surface area (Å²) in [5.41, 5.74) is 0. The third-order valence-corrected chi connectivity index (χ3v) is 1.65. The Kier molecular flexibility index (Phi) is 1.51. The Labute approximate surface area is 73.6 Å². The molecule has 0 bridgehead atoms. The number of imide groups is 1. The molecule has 0 aliphatic carbocycles. The van der Waals surface area contributed by atoms with Crippen molar-refractivity contribution in [1.82, 2.24) is 5.16 Å². The molecule has 1 aliphatic heterocycles. The van der Waals surface area contributed by atoms with Gasteiger partial charge in [-0.15, -0.1) is 0 Å². The van der Waals surface area contributed by atoms with Crippen molar-refractivity contribution in [3.8, 4) is 0 Å². The zero-order valence-corrected chi connectivity index (χ0v) is 6.85. The quantitative estimate of drug-likeness (QED) is 0.584. The van der Waals surface area contributed by atoms with Gasteiger partial charge in [0.25, 0.3) is 11.8 Å². The van der Waals surface area contributed by atoms with Gasteiger partial charge in [-0.2, -0.15) is 0 Å². The van der Waals surface area contributed by atoms with E-state index in [9.17, 15) is 9.59 Å². The van der Waals surface area contributed by atoms with Gasteiger partial charge in [0.1, 0.15) is 5.76 Å². The monoisotopic (exact) mass is 178 g/mol. The molecule has 0 spiro atoms. The Hall–Kier alpha value is -1.91. The van der Waals surface area contributed by atoms with Crippen molar-refractivity contribution in [2.45, 2.75) is 6.92 Å². The van der Waals surface area contributed by atoms with Crippen LogP contribution >= 0.6 is 0 Å². The van der Waals surface area contributed by atoms with E-state index in [-0.39, 0.29) is 5.82 Å². The van der Waals surface area contributed by atoms with Gasteiger partial charge >= 0.3 is 0 Å². The van der Waals surface area contributed by atoms with Crippen molar-refractivity contribution in [3.05, 3.63) is 24.0 Å². The number of amides is 2. The second-order valence-corrected chi connectivity index (χ2v) is 2.64. The van der Waals surface area contributed by atoms with E-state index in [0.717, 1.165) is 4.90 Å². The fourth-order valence-electron chi connectivity index (χ4n) is 1.08. The molecule has 0 saturated carbocycles. The van der Waals surface area contributed by atoms with Crippen LogP contribution < -0.4 is 4.90 Å². The highest BCUT2D eigenvalue weighted by Gasteiger charge is 2.27. The molecule has 13 heavy (non-hydrogen) atoms. The highest BCUT2D eigenvalue weighted by atomic mass is 16.5. The number of carbonyl (C=O) groups excluding carboxylic acids is 2. The van der Waals surface area contributed by atoms with Gasteiger partial charge < -0.3 is 4.52 Å². The first-order valence-corrected chi connectivity index (χ1v) is 3.68. The van der Waals surface area contributed by atoms with E-state index in [4.69, 9.17) is 4.52 Å². The van der Waals surface area contributed by atoms with E-state index in [2.05, 4.69) is 5.16 Å². The predicted molar refractivity (Wildman–Crippen MR) is 42.9 cm³/mol. The van der Waals surface area contributed by atoms with Gasteiger partial charge in [0, 0.05) is 18.2 Å². The number of aryl methyl sites for hydroxylation is 1. The van der Waals surface area contributed by atoms with Crippen molar-refractivity contribution in [3.63, 3.8) is 0 Å². The lowest BCUT2D eigenvalue weighted by Crippen LogP contribution is -2.29. The summed E-state index contributed by atoms with van der Waals surface area (Å²) in [5.74, 6) is 0.0107. The molecule has 2 amide bonds. The summed E-state index contributed by atoms with van der Waals surface area (Å²) >= 11 is 0. The third kappa shape index (κ3) is 1.14. The van der Waals surface area contributed by atoms with Gasteiger partial charge in [-0.1, -0.05) is 5.16 Å². The number of rotatable bonds is 1. The molecule has 1 aromatic rings. The van der Waals surface area contributed by atoms with Crippen molar-refractivity contribution in [2.75, 3.05) is 4.90 Å². The standard InChI is InChI=1S/C8H6N2O3/c1-5-4-6(9-13-5)10-7(11)2-3-8(10)12/h2-4H,1H3. The lowest BCUT2D eigenvalue weighted by molar-refractivity contribution is -0.120. The highest BCUT2D eigenvalue weighted by molar-refractivity contribution is 6.27. The van der Waals surface area contributed by atoms with Gasteiger partial charge in [-0.05, 0) is 6.92 Å². The summed E-state index contributed by atoms with van der Waals surface area (Å²) in [6.07, 6.45) is 2.40. The van der Waals surface area contributed by atoms with Gasteiger partial charge in [0.05, 0.1) is 0 Å². The Balaban J connectivity index is 2.37. The molecule has 66 valence electrons. The smallest absolute Gasteiger partial charge is 0.259 e. The van der Waals surface area contributed by atoms with Crippen LogP contribution in [0.4, 0.5) is 5.82 Å². The summed E-state index contributed by atoms with van der Waals surface area (Å²) in [4.78, 5) is 23.2. The minimum atomic E-state index is -0.390. The van der Waals surface area contributed by atoms with Gasteiger partial charge in [0.15, 0.2) is 5.82 Å². The maximum Gasteiger partial charge on any atom is 0.259 e. The molecule has 2 heterocycles. The van der Waals surface area contributed by atoms with E-state index in [1.165, 1.54) is 18.2 Å². The van der Waals surface area contributed by atoms with Crippen LogP contribution in [0.15, 0.2) is 22.7 Å². The molecule has 1 aromatic heterocycles. The molecule has 1 aliphatic rings. The lowest BCUT2D eigenvalue weighted by atomic mass is 10.4. The first kappa shape index (κ1) is 7.72. The Morgan fingerprint density at radius 2 is 1.92 bits per heavy atom. The molecule has 0 unspecified atom stereocenters. The summed E-state index contributed by atoms with van der Waals surface area (Å²) in [7, 11) is 0. The normalized spacial score (nSPS) is 15.9. The average Bonchev–Trinajstić information content (AvgIpc) is 2.60. The molecule has 0 saturated heterocycles. The number of hydrogen-bond acceptors (Lipinski definition) is 4. The third-order valence-electron chi connectivity index (χ3n) is 1.65. The largest absolute Gasteiger partial charge is 0.360 e. The zero-order chi connectivity index (χ0) is 9.42. The van der Waals surface area contributed by atoms with E-state index in [1.54, 1.807) is 6.92 Å². The molecule has 0 aromatic carbocycles. The summed E-state index contributed by atoms with van der Waals surface area (Å²) < 4.78 is 4.75. The van der Waals surface area contributed by atoms with E-state index in [1.807, 2.05) is 0 Å². The molecule has 5 heteroatoms.